The Bertz CT molecular complexity index is 583. The number of hydrogen-bond donors (Lipinski definition) is 3. The maximum Gasteiger partial charge on any atom is 0.217 e. The van der Waals surface area contributed by atoms with Crippen LogP contribution in [0.15, 0.2) is 30.3 Å². The number of anilines is 2. The zero-order chi connectivity index (χ0) is 13.7. The smallest absolute Gasteiger partial charge is 0.217 e. The number of carbonyl (C=O) groups is 1. The number of unbranched alkanes of at least 4 members (excludes halogenated alkanes) is 1. The number of benzene rings is 1. The molecule has 0 aliphatic rings. The Kier molecular flexibility index (Phi) is 4.18. The van der Waals surface area contributed by atoms with E-state index >= 15 is 0 Å². The number of carbonyl (C=O) groups excluding carboxylic acids is 1. The van der Waals surface area contributed by atoms with E-state index in [1.807, 2.05) is 30.3 Å². The first-order chi connectivity index (χ1) is 9.15. The third kappa shape index (κ3) is 3.84. The van der Waals surface area contributed by atoms with Crippen LogP contribution < -0.4 is 16.8 Å². The Hall–Kier alpha value is -2.30. The van der Waals surface area contributed by atoms with E-state index in [1.54, 1.807) is 0 Å². The van der Waals surface area contributed by atoms with Crippen molar-refractivity contribution >= 4 is 28.3 Å². The molecular weight excluding hydrogens is 240 g/mol. The second-order valence-corrected chi connectivity index (χ2v) is 4.50. The molecule has 5 N–H and O–H groups in total. The largest absolute Gasteiger partial charge is 0.399 e. The molecule has 1 aromatic heterocycles. The molecule has 0 bridgehead atoms. The normalized spacial score (nSPS) is 10.5. The molecule has 0 saturated carbocycles. The summed E-state index contributed by atoms with van der Waals surface area (Å²) in [6, 6.07) is 9.56. The minimum absolute atomic E-state index is 0.249. The lowest BCUT2D eigenvalue weighted by Gasteiger charge is -2.06. The van der Waals surface area contributed by atoms with E-state index in [-0.39, 0.29) is 5.91 Å². The number of hydrogen-bond acceptors (Lipinski definition) is 4. The van der Waals surface area contributed by atoms with Gasteiger partial charge in [0, 0.05) is 24.0 Å². The minimum atomic E-state index is -0.249. The fraction of sp³-hybridized carbons (Fsp3) is 0.286. The Morgan fingerprint density at radius 3 is 2.84 bits per heavy atom. The number of fused-ring (bicyclic) bond motifs is 1. The van der Waals surface area contributed by atoms with Gasteiger partial charge in [0.1, 0.15) is 5.82 Å². The van der Waals surface area contributed by atoms with Gasteiger partial charge in [-0.1, -0.05) is 0 Å². The number of nitrogens with zero attached hydrogens (tertiary/aromatic N) is 1. The van der Waals surface area contributed by atoms with Crippen LogP contribution in [0.1, 0.15) is 19.3 Å². The van der Waals surface area contributed by atoms with Gasteiger partial charge >= 0.3 is 0 Å². The van der Waals surface area contributed by atoms with Gasteiger partial charge in [0.25, 0.3) is 0 Å². The molecule has 0 spiro atoms. The molecule has 0 saturated heterocycles. The molecule has 0 aliphatic heterocycles. The molecule has 1 amide bonds. The molecule has 2 rings (SSSR count). The van der Waals surface area contributed by atoms with Crippen LogP contribution in [-0.2, 0) is 4.79 Å². The van der Waals surface area contributed by atoms with Gasteiger partial charge in [-0.05, 0) is 43.2 Å². The van der Waals surface area contributed by atoms with Crippen LogP contribution in [0.5, 0.6) is 0 Å². The molecule has 0 aliphatic carbocycles. The Morgan fingerprint density at radius 1 is 1.21 bits per heavy atom. The minimum Gasteiger partial charge on any atom is -0.399 e. The second kappa shape index (κ2) is 6.04. The summed E-state index contributed by atoms with van der Waals surface area (Å²) in [7, 11) is 0. The Labute approximate surface area is 112 Å². The molecule has 0 radical (unpaired) electrons. The Balaban J connectivity index is 1.91. The average Bonchev–Trinajstić information content (AvgIpc) is 2.38. The monoisotopic (exact) mass is 258 g/mol. The van der Waals surface area contributed by atoms with E-state index in [2.05, 4.69) is 10.3 Å². The van der Waals surface area contributed by atoms with Crippen LogP contribution in [0.3, 0.4) is 0 Å². The lowest BCUT2D eigenvalue weighted by molar-refractivity contribution is -0.118. The first kappa shape index (κ1) is 13.1. The summed E-state index contributed by atoms with van der Waals surface area (Å²) in [5, 5.41) is 4.26. The van der Waals surface area contributed by atoms with Crippen molar-refractivity contribution < 1.29 is 4.79 Å². The molecule has 5 nitrogen and oxygen atoms in total. The zero-order valence-electron chi connectivity index (χ0n) is 10.7. The van der Waals surface area contributed by atoms with Gasteiger partial charge in [-0.25, -0.2) is 4.98 Å². The van der Waals surface area contributed by atoms with Gasteiger partial charge in [-0.2, -0.15) is 0 Å². The van der Waals surface area contributed by atoms with Gasteiger partial charge < -0.3 is 16.8 Å². The number of aromatic nitrogens is 1. The highest BCUT2D eigenvalue weighted by Gasteiger charge is 1.99. The molecule has 2 aromatic rings. The summed E-state index contributed by atoms with van der Waals surface area (Å²) < 4.78 is 0. The summed E-state index contributed by atoms with van der Waals surface area (Å²) in [4.78, 5) is 15.1. The van der Waals surface area contributed by atoms with Gasteiger partial charge in [0.2, 0.25) is 5.91 Å². The molecule has 1 aromatic carbocycles. The lowest BCUT2D eigenvalue weighted by Crippen LogP contribution is -2.11. The first-order valence-corrected chi connectivity index (χ1v) is 6.33. The van der Waals surface area contributed by atoms with E-state index < -0.39 is 0 Å². The van der Waals surface area contributed by atoms with Crippen LogP contribution in [-0.4, -0.2) is 17.4 Å². The Morgan fingerprint density at radius 2 is 2.05 bits per heavy atom. The van der Waals surface area contributed by atoms with Crippen LogP contribution in [0.25, 0.3) is 10.9 Å². The molecule has 5 heteroatoms. The fourth-order valence-electron chi connectivity index (χ4n) is 1.88. The van der Waals surface area contributed by atoms with Crippen molar-refractivity contribution in [3.63, 3.8) is 0 Å². The highest BCUT2D eigenvalue weighted by Crippen LogP contribution is 2.17. The van der Waals surface area contributed by atoms with E-state index in [0.29, 0.717) is 6.42 Å². The molecule has 19 heavy (non-hydrogen) atoms. The van der Waals surface area contributed by atoms with Crippen LogP contribution in [0.2, 0.25) is 0 Å². The molecular formula is C14H18N4O. The quantitative estimate of drug-likeness (QED) is 0.544. The van der Waals surface area contributed by atoms with E-state index in [9.17, 15) is 4.79 Å². The molecule has 1 heterocycles. The van der Waals surface area contributed by atoms with E-state index in [4.69, 9.17) is 11.5 Å². The number of primary amides is 1. The number of pyridine rings is 1. The van der Waals surface area contributed by atoms with Crippen molar-refractivity contribution in [3.05, 3.63) is 30.3 Å². The predicted molar refractivity (Wildman–Crippen MR) is 77.7 cm³/mol. The molecule has 0 atom stereocenters. The first-order valence-electron chi connectivity index (χ1n) is 6.33. The van der Waals surface area contributed by atoms with E-state index in [1.165, 1.54) is 0 Å². The third-order valence-electron chi connectivity index (χ3n) is 2.87. The standard InChI is InChI=1S/C14H18N4O/c15-11-5-6-12-10(9-11)4-7-14(18-12)17-8-2-1-3-13(16)19/h4-7,9H,1-3,8,15H2,(H2,16,19)(H,17,18). The van der Waals surface area contributed by atoms with Crippen LogP contribution in [0.4, 0.5) is 11.5 Å². The highest BCUT2D eigenvalue weighted by molar-refractivity contribution is 5.83. The second-order valence-electron chi connectivity index (χ2n) is 4.50. The highest BCUT2D eigenvalue weighted by atomic mass is 16.1. The lowest BCUT2D eigenvalue weighted by atomic mass is 10.2. The maximum absolute atomic E-state index is 10.6. The molecule has 0 unspecified atom stereocenters. The zero-order valence-corrected chi connectivity index (χ0v) is 10.7. The summed E-state index contributed by atoms with van der Waals surface area (Å²) in [6.45, 7) is 0.779. The van der Waals surface area contributed by atoms with Gasteiger partial charge in [0.05, 0.1) is 5.52 Å². The van der Waals surface area contributed by atoms with Crippen molar-refractivity contribution in [2.45, 2.75) is 19.3 Å². The maximum atomic E-state index is 10.6. The fourth-order valence-corrected chi connectivity index (χ4v) is 1.88. The van der Waals surface area contributed by atoms with Crippen molar-refractivity contribution in [1.82, 2.24) is 4.98 Å². The molecule has 0 fully saturated rings. The summed E-state index contributed by atoms with van der Waals surface area (Å²) in [5.41, 5.74) is 12.4. The van der Waals surface area contributed by atoms with Gasteiger partial charge in [-0.15, -0.1) is 0 Å². The van der Waals surface area contributed by atoms with E-state index in [0.717, 1.165) is 41.8 Å². The van der Waals surface area contributed by atoms with Crippen LogP contribution in [0, 0.1) is 0 Å². The number of nitrogen functional groups attached to an aromatic ring is 1. The number of nitrogens with two attached hydrogens (primary N) is 2. The van der Waals surface area contributed by atoms with Gasteiger partial charge in [0.15, 0.2) is 0 Å². The molecule has 100 valence electrons. The topological polar surface area (TPSA) is 94.0 Å². The van der Waals surface area contributed by atoms with Crippen molar-refractivity contribution in [3.8, 4) is 0 Å². The number of amides is 1. The summed E-state index contributed by atoms with van der Waals surface area (Å²) in [6.07, 6.45) is 2.13. The van der Waals surface area contributed by atoms with Crippen molar-refractivity contribution in [2.75, 3.05) is 17.6 Å². The summed E-state index contributed by atoms with van der Waals surface area (Å²) in [5.74, 6) is 0.581. The van der Waals surface area contributed by atoms with Gasteiger partial charge in [-0.3, -0.25) is 4.79 Å². The number of rotatable bonds is 6. The predicted octanol–water partition coefficient (Wildman–Crippen LogP) is 1.88. The number of nitrogens with one attached hydrogen (secondary N) is 1. The SMILES string of the molecule is NC(=O)CCCCNc1ccc2cc(N)ccc2n1. The summed E-state index contributed by atoms with van der Waals surface area (Å²) >= 11 is 0. The van der Waals surface area contributed by atoms with Crippen LogP contribution >= 0.6 is 0 Å². The van der Waals surface area contributed by atoms with Crippen molar-refractivity contribution in [2.24, 2.45) is 5.73 Å². The third-order valence-corrected chi connectivity index (χ3v) is 2.87. The average molecular weight is 258 g/mol. The van der Waals surface area contributed by atoms with Crippen molar-refractivity contribution in [1.29, 1.82) is 0 Å².